The Morgan fingerprint density at radius 3 is 2.58 bits per heavy atom. The van der Waals surface area contributed by atoms with Gasteiger partial charge in [0.2, 0.25) is 5.91 Å². The number of carbonyl (C=O) groups is 2. The zero-order valence-electron chi connectivity index (χ0n) is 15.9. The minimum absolute atomic E-state index is 0. The van der Waals surface area contributed by atoms with Gasteiger partial charge in [-0.15, -0.1) is 12.4 Å². The number of piperidine rings is 1. The smallest absolute Gasteiger partial charge is 0.253 e. The molecule has 3 N–H and O–H groups in total. The number of nitrogens with zero attached hydrogens (tertiary/aromatic N) is 2. The standard InChI is InChI=1S/C19H30N4O2.ClH/c1-4-6-17(20)18(24)21-15-10-8-14(9-11-15)19(25)23(3)16-7-5-12-22(2)13-16;/h8-11,16-17H,4-7,12-13,20H2,1-3H3,(H,21,24);1H. The number of halogens is 1. The van der Waals surface area contributed by atoms with Gasteiger partial charge in [0.25, 0.3) is 5.91 Å². The molecule has 0 bridgehead atoms. The lowest BCUT2D eigenvalue weighted by molar-refractivity contribution is -0.117. The van der Waals surface area contributed by atoms with Crippen LogP contribution in [-0.2, 0) is 4.79 Å². The number of rotatable bonds is 6. The monoisotopic (exact) mass is 382 g/mol. The minimum Gasteiger partial charge on any atom is -0.337 e. The maximum Gasteiger partial charge on any atom is 0.253 e. The summed E-state index contributed by atoms with van der Waals surface area (Å²) in [5, 5.41) is 2.80. The number of nitrogens with two attached hydrogens (primary N) is 1. The molecule has 146 valence electrons. The highest BCUT2D eigenvalue weighted by Gasteiger charge is 2.25. The number of hydrogen-bond acceptors (Lipinski definition) is 4. The fourth-order valence-electron chi connectivity index (χ4n) is 3.20. The predicted octanol–water partition coefficient (Wildman–Crippen LogP) is 2.34. The van der Waals surface area contributed by atoms with E-state index < -0.39 is 6.04 Å². The van der Waals surface area contributed by atoms with Crippen LogP contribution in [0.15, 0.2) is 24.3 Å². The number of likely N-dealkylation sites (tertiary alicyclic amines) is 1. The molecule has 2 amide bonds. The van der Waals surface area contributed by atoms with Crippen molar-refractivity contribution in [3.8, 4) is 0 Å². The quantitative estimate of drug-likeness (QED) is 0.791. The number of likely N-dealkylation sites (N-methyl/N-ethyl adjacent to an activating group) is 2. The molecule has 6 nitrogen and oxygen atoms in total. The number of amides is 2. The van der Waals surface area contributed by atoms with E-state index >= 15 is 0 Å². The van der Waals surface area contributed by atoms with E-state index in [-0.39, 0.29) is 30.3 Å². The van der Waals surface area contributed by atoms with Crippen molar-refractivity contribution in [1.82, 2.24) is 9.80 Å². The first kappa shape index (κ1) is 22.4. The summed E-state index contributed by atoms with van der Waals surface area (Å²) in [7, 11) is 3.96. The number of nitrogens with one attached hydrogen (secondary N) is 1. The van der Waals surface area contributed by atoms with Crippen molar-refractivity contribution in [3.63, 3.8) is 0 Å². The predicted molar refractivity (Wildman–Crippen MR) is 108 cm³/mol. The first-order valence-electron chi connectivity index (χ1n) is 9.04. The fourth-order valence-corrected chi connectivity index (χ4v) is 3.20. The summed E-state index contributed by atoms with van der Waals surface area (Å²) in [6, 6.07) is 6.77. The minimum atomic E-state index is -0.499. The summed E-state index contributed by atoms with van der Waals surface area (Å²) in [5.41, 5.74) is 7.10. The molecule has 2 atom stereocenters. The molecule has 1 saturated heterocycles. The van der Waals surface area contributed by atoms with E-state index in [1.165, 1.54) is 0 Å². The second-order valence-corrected chi connectivity index (χ2v) is 6.94. The zero-order valence-corrected chi connectivity index (χ0v) is 16.7. The van der Waals surface area contributed by atoms with E-state index in [1.807, 2.05) is 18.9 Å². The maximum absolute atomic E-state index is 12.7. The molecular formula is C19H31ClN4O2. The van der Waals surface area contributed by atoms with Crippen LogP contribution in [0, 0.1) is 0 Å². The average Bonchev–Trinajstić information content (AvgIpc) is 2.61. The van der Waals surface area contributed by atoms with E-state index in [4.69, 9.17) is 5.73 Å². The third-order valence-electron chi connectivity index (χ3n) is 4.80. The highest BCUT2D eigenvalue weighted by molar-refractivity contribution is 5.97. The van der Waals surface area contributed by atoms with Crippen molar-refractivity contribution >= 4 is 29.9 Å². The van der Waals surface area contributed by atoms with Crippen LogP contribution in [0.2, 0.25) is 0 Å². The molecule has 1 fully saturated rings. The normalized spacial score (nSPS) is 18.5. The van der Waals surface area contributed by atoms with Gasteiger partial charge in [0.1, 0.15) is 0 Å². The van der Waals surface area contributed by atoms with Gasteiger partial charge in [0.15, 0.2) is 0 Å². The summed E-state index contributed by atoms with van der Waals surface area (Å²) in [4.78, 5) is 28.7. The zero-order chi connectivity index (χ0) is 18.4. The Kier molecular flexibility index (Phi) is 9.05. The molecular weight excluding hydrogens is 352 g/mol. The molecule has 1 aromatic rings. The third kappa shape index (κ3) is 5.97. The molecule has 0 spiro atoms. The van der Waals surface area contributed by atoms with Gasteiger partial charge in [0.05, 0.1) is 6.04 Å². The SMILES string of the molecule is CCCC(N)C(=O)Nc1ccc(C(=O)N(C)C2CCCN(C)C2)cc1.Cl. The number of benzene rings is 1. The molecule has 0 aliphatic carbocycles. The summed E-state index contributed by atoms with van der Waals surface area (Å²) >= 11 is 0. The van der Waals surface area contributed by atoms with Crippen molar-refractivity contribution in [2.45, 2.75) is 44.7 Å². The molecule has 26 heavy (non-hydrogen) atoms. The van der Waals surface area contributed by atoms with Crippen LogP contribution in [0.3, 0.4) is 0 Å². The van der Waals surface area contributed by atoms with Crippen LogP contribution >= 0.6 is 12.4 Å². The lowest BCUT2D eigenvalue weighted by atomic mass is 10.0. The Balaban J connectivity index is 0.00000338. The van der Waals surface area contributed by atoms with Crippen molar-refractivity contribution in [2.24, 2.45) is 5.73 Å². The number of anilines is 1. The maximum atomic E-state index is 12.7. The van der Waals surface area contributed by atoms with Crippen LogP contribution in [0.25, 0.3) is 0 Å². The molecule has 1 aliphatic heterocycles. The van der Waals surface area contributed by atoms with E-state index in [0.717, 1.165) is 32.4 Å². The topological polar surface area (TPSA) is 78.7 Å². The van der Waals surface area contributed by atoms with Gasteiger partial charge >= 0.3 is 0 Å². The van der Waals surface area contributed by atoms with Crippen molar-refractivity contribution in [2.75, 3.05) is 32.5 Å². The summed E-state index contributed by atoms with van der Waals surface area (Å²) in [5.74, 6) is -0.177. The Morgan fingerprint density at radius 2 is 2.00 bits per heavy atom. The Labute approximate surface area is 162 Å². The van der Waals surface area contributed by atoms with Gasteiger partial charge in [-0.05, 0) is 57.1 Å². The van der Waals surface area contributed by atoms with Crippen LogP contribution in [0.1, 0.15) is 43.0 Å². The largest absolute Gasteiger partial charge is 0.337 e. The van der Waals surface area contributed by atoms with E-state index in [9.17, 15) is 9.59 Å². The second kappa shape index (κ2) is 10.5. The molecule has 2 unspecified atom stereocenters. The van der Waals surface area contributed by atoms with Crippen molar-refractivity contribution in [1.29, 1.82) is 0 Å². The molecule has 1 aromatic carbocycles. The molecule has 1 heterocycles. The average molecular weight is 383 g/mol. The molecule has 7 heteroatoms. The van der Waals surface area contributed by atoms with Crippen LogP contribution in [0.4, 0.5) is 5.69 Å². The molecule has 0 radical (unpaired) electrons. The van der Waals surface area contributed by atoms with Crippen molar-refractivity contribution in [3.05, 3.63) is 29.8 Å². The van der Waals surface area contributed by atoms with Gasteiger partial charge in [-0.3, -0.25) is 9.59 Å². The van der Waals surface area contributed by atoms with Crippen LogP contribution in [0.5, 0.6) is 0 Å². The van der Waals surface area contributed by atoms with E-state index in [2.05, 4.69) is 17.3 Å². The van der Waals surface area contributed by atoms with E-state index in [1.54, 1.807) is 24.3 Å². The first-order chi connectivity index (χ1) is 11.9. The molecule has 1 aliphatic rings. The Morgan fingerprint density at radius 1 is 1.35 bits per heavy atom. The van der Waals surface area contributed by atoms with Gasteiger partial charge in [-0.1, -0.05) is 13.3 Å². The van der Waals surface area contributed by atoms with Gasteiger partial charge in [-0.2, -0.15) is 0 Å². The highest BCUT2D eigenvalue weighted by atomic mass is 35.5. The van der Waals surface area contributed by atoms with Gasteiger partial charge in [-0.25, -0.2) is 0 Å². The van der Waals surface area contributed by atoms with Crippen LogP contribution < -0.4 is 11.1 Å². The second-order valence-electron chi connectivity index (χ2n) is 6.94. The number of hydrogen-bond donors (Lipinski definition) is 2. The molecule has 0 saturated carbocycles. The van der Waals surface area contributed by atoms with Gasteiger partial charge in [0, 0.05) is 30.9 Å². The molecule has 0 aromatic heterocycles. The summed E-state index contributed by atoms with van der Waals surface area (Å²) in [6.07, 6.45) is 3.67. The summed E-state index contributed by atoms with van der Waals surface area (Å²) in [6.45, 7) is 3.99. The molecule has 2 rings (SSSR count). The first-order valence-corrected chi connectivity index (χ1v) is 9.04. The van der Waals surface area contributed by atoms with Crippen molar-refractivity contribution < 1.29 is 9.59 Å². The summed E-state index contributed by atoms with van der Waals surface area (Å²) < 4.78 is 0. The lowest BCUT2D eigenvalue weighted by Crippen LogP contribution is -2.47. The van der Waals surface area contributed by atoms with Crippen LogP contribution in [-0.4, -0.2) is 60.9 Å². The highest BCUT2D eigenvalue weighted by Crippen LogP contribution is 2.17. The third-order valence-corrected chi connectivity index (χ3v) is 4.80. The Hall–Kier alpha value is -1.63. The fraction of sp³-hybridized carbons (Fsp3) is 0.579. The van der Waals surface area contributed by atoms with E-state index in [0.29, 0.717) is 17.7 Å². The van der Waals surface area contributed by atoms with Gasteiger partial charge < -0.3 is 20.9 Å². The Bertz CT molecular complexity index is 594. The lowest BCUT2D eigenvalue weighted by Gasteiger charge is -2.35. The number of carbonyl (C=O) groups excluding carboxylic acids is 2.